The van der Waals surface area contributed by atoms with E-state index in [1.54, 1.807) is 18.3 Å². The van der Waals surface area contributed by atoms with Gasteiger partial charge in [0.1, 0.15) is 17.2 Å². The van der Waals surface area contributed by atoms with Crippen LogP contribution in [0.2, 0.25) is 0 Å². The van der Waals surface area contributed by atoms with Crippen LogP contribution in [-0.2, 0) is 0 Å². The molecule has 3 rings (SSSR count). The summed E-state index contributed by atoms with van der Waals surface area (Å²) in [5.41, 5.74) is 1.48. The molecule has 0 saturated carbocycles. The fraction of sp³-hybridized carbons (Fsp3) is 0. The minimum absolute atomic E-state index is 0.218. The Kier molecular flexibility index (Phi) is 4.16. The van der Waals surface area contributed by atoms with Crippen LogP contribution < -0.4 is 4.74 Å². The molecule has 0 unspecified atom stereocenters. The lowest BCUT2D eigenvalue weighted by Crippen LogP contribution is -1.83. The largest absolute Gasteiger partial charge is 0.507 e. The Hall–Kier alpha value is -3.07. The fourth-order valence-corrected chi connectivity index (χ4v) is 1.97. The molecule has 3 heteroatoms. The maximum atomic E-state index is 9.69. The highest BCUT2D eigenvalue weighted by Gasteiger charge is 1.98. The summed E-state index contributed by atoms with van der Waals surface area (Å²) in [5.74, 6) is 1.77. The number of nitrogens with zero attached hydrogens (tertiary/aromatic N) is 1. The van der Waals surface area contributed by atoms with E-state index in [9.17, 15) is 5.11 Å². The Labute approximate surface area is 129 Å². The van der Waals surface area contributed by atoms with Gasteiger partial charge in [0.15, 0.2) is 0 Å². The number of para-hydroxylation sites is 2. The summed E-state index contributed by atoms with van der Waals surface area (Å²) in [6.45, 7) is 0. The Morgan fingerprint density at radius 3 is 2.09 bits per heavy atom. The molecule has 0 aliphatic carbocycles. The van der Waals surface area contributed by atoms with Crippen LogP contribution in [0.15, 0.2) is 83.9 Å². The van der Waals surface area contributed by atoms with Crippen LogP contribution >= 0.6 is 0 Å². The van der Waals surface area contributed by atoms with E-state index in [2.05, 4.69) is 4.99 Å². The van der Waals surface area contributed by atoms with E-state index in [1.807, 2.05) is 66.7 Å². The molecule has 1 N–H and O–H groups in total. The van der Waals surface area contributed by atoms with Crippen LogP contribution in [0.3, 0.4) is 0 Å². The van der Waals surface area contributed by atoms with Crippen LogP contribution in [0.25, 0.3) is 0 Å². The van der Waals surface area contributed by atoms with E-state index in [1.165, 1.54) is 0 Å². The second kappa shape index (κ2) is 6.59. The number of rotatable bonds is 4. The lowest BCUT2D eigenvalue weighted by Gasteiger charge is -2.05. The van der Waals surface area contributed by atoms with Crippen molar-refractivity contribution >= 4 is 11.9 Å². The standard InChI is InChI=1S/C19H15NO2/c21-19-9-5-4-6-15(19)14-20-16-10-12-18(13-11-16)22-17-7-2-1-3-8-17/h1-14,21H. The Morgan fingerprint density at radius 1 is 0.727 bits per heavy atom. The normalized spacial score (nSPS) is 10.7. The number of phenolic OH excluding ortho intramolecular Hbond substituents is 1. The monoisotopic (exact) mass is 289 g/mol. The van der Waals surface area contributed by atoms with Crippen molar-refractivity contribution in [1.82, 2.24) is 0 Å². The number of aromatic hydroxyl groups is 1. The highest BCUT2D eigenvalue weighted by atomic mass is 16.5. The van der Waals surface area contributed by atoms with Gasteiger partial charge in [-0.15, -0.1) is 0 Å². The minimum Gasteiger partial charge on any atom is -0.507 e. The SMILES string of the molecule is Oc1ccccc1C=Nc1ccc(Oc2ccccc2)cc1. The van der Waals surface area contributed by atoms with Crippen molar-refractivity contribution in [2.45, 2.75) is 0 Å². The first-order valence-electron chi connectivity index (χ1n) is 6.96. The first kappa shape index (κ1) is 13.9. The second-order valence-corrected chi connectivity index (χ2v) is 4.73. The summed E-state index contributed by atoms with van der Waals surface area (Å²) >= 11 is 0. The van der Waals surface area contributed by atoms with Gasteiger partial charge in [-0.3, -0.25) is 4.99 Å². The fourth-order valence-electron chi connectivity index (χ4n) is 1.97. The average molecular weight is 289 g/mol. The molecule has 0 heterocycles. The molecule has 0 amide bonds. The lowest BCUT2D eigenvalue weighted by molar-refractivity contribution is 0.474. The van der Waals surface area contributed by atoms with Crippen LogP contribution in [0, 0.1) is 0 Å². The van der Waals surface area contributed by atoms with Gasteiger partial charge in [0, 0.05) is 11.8 Å². The second-order valence-electron chi connectivity index (χ2n) is 4.73. The van der Waals surface area contributed by atoms with Gasteiger partial charge in [0.2, 0.25) is 0 Å². The lowest BCUT2D eigenvalue weighted by atomic mass is 10.2. The average Bonchev–Trinajstić information content (AvgIpc) is 2.56. The zero-order valence-electron chi connectivity index (χ0n) is 11.9. The van der Waals surface area contributed by atoms with Crippen molar-refractivity contribution in [3.05, 3.63) is 84.4 Å². The molecular formula is C19H15NO2. The van der Waals surface area contributed by atoms with E-state index in [-0.39, 0.29) is 5.75 Å². The van der Waals surface area contributed by atoms with Gasteiger partial charge in [0.25, 0.3) is 0 Å². The maximum Gasteiger partial charge on any atom is 0.127 e. The van der Waals surface area contributed by atoms with Gasteiger partial charge in [-0.05, 0) is 48.5 Å². The summed E-state index contributed by atoms with van der Waals surface area (Å²) < 4.78 is 5.72. The third-order valence-electron chi connectivity index (χ3n) is 3.11. The third kappa shape index (κ3) is 3.52. The van der Waals surface area contributed by atoms with Crippen molar-refractivity contribution < 1.29 is 9.84 Å². The molecule has 3 aromatic rings. The quantitative estimate of drug-likeness (QED) is 0.691. The molecule has 0 spiro atoms. The van der Waals surface area contributed by atoms with Crippen LogP contribution in [0.5, 0.6) is 17.2 Å². The van der Waals surface area contributed by atoms with Gasteiger partial charge in [-0.1, -0.05) is 30.3 Å². The molecule has 0 aromatic heterocycles. The number of aliphatic imine (C=N–C) groups is 1. The molecule has 0 atom stereocenters. The number of benzene rings is 3. The first-order valence-corrected chi connectivity index (χ1v) is 6.96. The summed E-state index contributed by atoms with van der Waals surface area (Å²) in [5, 5.41) is 9.69. The summed E-state index contributed by atoms with van der Waals surface area (Å²) in [6, 6.07) is 24.2. The van der Waals surface area contributed by atoms with Crippen LogP contribution in [0.1, 0.15) is 5.56 Å². The molecule has 0 aliphatic heterocycles. The van der Waals surface area contributed by atoms with Gasteiger partial charge >= 0.3 is 0 Å². The summed E-state index contributed by atoms with van der Waals surface area (Å²) in [7, 11) is 0. The highest BCUT2D eigenvalue weighted by Crippen LogP contribution is 2.24. The molecule has 0 saturated heterocycles. The first-order chi connectivity index (χ1) is 10.8. The molecule has 3 aromatic carbocycles. The van der Waals surface area contributed by atoms with Crippen molar-refractivity contribution in [1.29, 1.82) is 0 Å². The smallest absolute Gasteiger partial charge is 0.127 e. The number of ether oxygens (including phenoxy) is 1. The van der Waals surface area contributed by atoms with Gasteiger partial charge < -0.3 is 9.84 Å². The zero-order valence-corrected chi connectivity index (χ0v) is 11.9. The Bertz CT molecular complexity index is 765. The van der Waals surface area contributed by atoms with Crippen molar-refractivity contribution in [2.75, 3.05) is 0 Å². The molecule has 3 nitrogen and oxygen atoms in total. The van der Waals surface area contributed by atoms with Gasteiger partial charge in [0.05, 0.1) is 5.69 Å². The molecule has 0 fully saturated rings. The Morgan fingerprint density at radius 2 is 1.36 bits per heavy atom. The van der Waals surface area contributed by atoms with Gasteiger partial charge in [-0.25, -0.2) is 0 Å². The van der Waals surface area contributed by atoms with Crippen molar-refractivity contribution in [3.63, 3.8) is 0 Å². The molecule has 108 valence electrons. The number of hydrogen-bond donors (Lipinski definition) is 1. The van der Waals surface area contributed by atoms with Crippen molar-refractivity contribution in [2.24, 2.45) is 4.99 Å². The van der Waals surface area contributed by atoms with E-state index in [0.29, 0.717) is 5.56 Å². The summed E-state index contributed by atoms with van der Waals surface area (Å²) in [4.78, 5) is 4.34. The zero-order chi connectivity index (χ0) is 15.2. The van der Waals surface area contributed by atoms with Crippen molar-refractivity contribution in [3.8, 4) is 17.2 Å². The van der Waals surface area contributed by atoms with Crippen LogP contribution in [0.4, 0.5) is 5.69 Å². The van der Waals surface area contributed by atoms with E-state index < -0.39 is 0 Å². The predicted molar refractivity (Wildman–Crippen MR) is 88.3 cm³/mol. The minimum atomic E-state index is 0.218. The summed E-state index contributed by atoms with van der Waals surface area (Å²) in [6.07, 6.45) is 1.64. The molecule has 22 heavy (non-hydrogen) atoms. The van der Waals surface area contributed by atoms with E-state index in [4.69, 9.17) is 4.74 Å². The molecule has 0 radical (unpaired) electrons. The third-order valence-corrected chi connectivity index (χ3v) is 3.11. The van der Waals surface area contributed by atoms with E-state index >= 15 is 0 Å². The molecular weight excluding hydrogens is 274 g/mol. The Balaban J connectivity index is 1.71. The number of hydrogen-bond acceptors (Lipinski definition) is 3. The van der Waals surface area contributed by atoms with Crippen LogP contribution in [-0.4, -0.2) is 11.3 Å². The number of phenols is 1. The molecule has 0 bridgehead atoms. The van der Waals surface area contributed by atoms with Gasteiger partial charge in [-0.2, -0.15) is 0 Å². The van der Waals surface area contributed by atoms with E-state index in [0.717, 1.165) is 17.2 Å². The topological polar surface area (TPSA) is 41.8 Å². The predicted octanol–water partition coefficient (Wildman–Crippen LogP) is 4.94. The maximum absolute atomic E-state index is 9.69. The highest BCUT2D eigenvalue weighted by molar-refractivity contribution is 5.85. The molecule has 0 aliphatic rings.